The second-order valence-electron chi connectivity index (χ2n) is 3.75. The van der Waals surface area contributed by atoms with E-state index in [0.717, 1.165) is 0 Å². The summed E-state index contributed by atoms with van der Waals surface area (Å²) in [5.74, 6) is -0.541. The first-order valence-electron chi connectivity index (χ1n) is 5.04. The van der Waals surface area contributed by atoms with E-state index in [1.54, 1.807) is 6.92 Å². The molecule has 1 atom stereocenters. The van der Waals surface area contributed by atoms with E-state index in [4.69, 9.17) is 17.3 Å². The van der Waals surface area contributed by atoms with Crippen LogP contribution in [-0.2, 0) is 4.79 Å². The molecule has 3 N–H and O–H groups in total. The van der Waals surface area contributed by atoms with Crippen molar-refractivity contribution in [2.75, 3.05) is 5.32 Å². The summed E-state index contributed by atoms with van der Waals surface area (Å²) < 4.78 is 0. The third-order valence-corrected chi connectivity index (χ3v) is 2.27. The second kappa shape index (κ2) is 5.58. The number of carbonyl (C=O) groups excluding carboxylic acids is 1. The number of nitrogens with one attached hydrogen (secondary N) is 1. The lowest BCUT2D eigenvalue weighted by Gasteiger charge is -2.13. The summed E-state index contributed by atoms with van der Waals surface area (Å²) in [7, 11) is 0. The molecule has 1 aromatic heterocycles. The maximum atomic E-state index is 10.9. The zero-order chi connectivity index (χ0) is 13.9. The first-order valence-corrected chi connectivity index (χ1v) is 5.42. The standard InChI is InChI=1S/C9H12ClN5O3/c1-4(3-6(11)16)12-8-7(15(17)18)5(2)13-9(10)14-8/h4H,3H2,1-2H3,(H2,11,16)(H,12,13,14). The van der Waals surface area contributed by atoms with Gasteiger partial charge in [-0.2, -0.15) is 4.98 Å². The Morgan fingerprint density at radius 3 is 2.72 bits per heavy atom. The van der Waals surface area contributed by atoms with Gasteiger partial charge in [-0.3, -0.25) is 14.9 Å². The highest BCUT2D eigenvalue weighted by molar-refractivity contribution is 6.28. The van der Waals surface area contributed by atoms with Gasteiger partial charge in [0.05, 0.1) is 4.92 Å². The number of rotatable bonds is 5. The number of aromatic nitrogens is 2. The van der Waals surface area contributed by atoms with Gasteiger partial charge in [0.15, 0.2) is 0 Å². The van der Waals surface area contributed by atoms with E-state index in [2.05, 4.69) is 15.3 Å². The Morgan fingerprint density at radius 1 is 1.61 bits per heavy atom. The topological polar surface area (TPSA) is 124 Å². The van der Waals surface area contributed by atoms with Gasteiger partial charge in [0.2, 0.25) is 17.0 Å². The number of anilines is 1. The number of halogens is 1. The Bertz CT molecular complexity index is 493. The lowest BCUT2D eigenvalue weighted by atomic mass is 10.2. The minimum absolute atomic E-state index is 0.0220. The summed E-state index contributed by atoms with van der Waals surface area (Å²) in [6.45, 7) is 3.11. The van der Waals surface area contributed by atoms with E-state index in [-0.39, 0.29) is 28.9 Å². The zero-order valence-electron chi connectivity index (χ0n) is 9.81. The van der Waals surface area contributed by atoms with Crippen LogP contribution in [0.5, 0.6) is 0 Å². The molecule has 0 aromatic carbocycles. The van der Waals surface area contributed by atoms with Crippen molar-refractivity contribution in [2.24, 2.45) is 5.73 Å². The van der Waals surface area contributed by atoms with E-state index in [1.165, 1.54) is 6.92 Å². The molecular formula is C9H12ClN5O3. The van der Waals surface area contributed by atoms with Gasteiger partial charge in [-0.15, -0.1) is 0 Å². The van der Waals surface area contributed by atoms with E-state index < -0.39 is 16.9 Å². The Kier molecular flexibility index (Phi) is 4.38. The summed E-state index contributed by atoms with van der Waals surface area (Å²) in [6, 6.07) is -0.397. The van der Waals surface area contributed by atoms with Crippen molar-refractivity contribution < 1.29 is 9.72 Å². The number of nitro groups is 1. The number of aryl methyl sites for hydroxylation is 1. The molecule has 18 heavy (non-hydrogen) atoms. The lowest BCUT2D eigenvalue weighted by Crippen LogP contribution is -2.25. The molecular weight excluding hydrogens is 262 g/mol. The van der Waals surface area contributed by atoms with Crippen molar-refractivity contribution in [3.05, 3.63) is 21.1 Å². The molecule has 0 aliphatic heterocycles. The van der Waals surface area contributed by atoms with Crippen molar-refractivity contribution in [1.29, 1.82) is 0 Å². The molecule has 0 spiro atoms. The smallest absolute Gasteiger partial charge is 0.332 e. The summed E-state index contributed by atoms with van der Waals surface area (Å²) in [6.07, 6.45) is 0.0256. The van der Waals surface area contributed by atoms with Gasteiger partial charge < -0.3 is 11.1 Å². The third-order valence-electron chi connectivity index (χ3n) is 2.10. The molecule has 0 saturated heterocycles. The normalized spacial score (nSPS) is 11.9. The maximum absolute atomic E-state index is 10.9. The number of nitrogens with two attached hydrogens (primary N) is 1. The molecule has 98 valence electrons. The van der Waals surface area contributed by atoms with Gasteiger partial charge in [-0.1, -0.05) is 0 Å². The zero-order valence-corrected chi connectivity index (χ0v) is 10.6. The van der Waals surface area contributed by atoms with Crippen molar-refractivity contribution in [2.45, 2.75) is 26.3 Å². The minimum Gasteiger partial charge on any atom is -0.370 e. The Hall–Kier alpha value is -1.96. The largest absolute Gasteiger partial charge is 0.370 e. The van der Waals surface area contributed by atoms with Crippen LogP contribution in [0, 0.1) is 17.0 Å². The number of primary amides is 1. The fraction of sp³-hybridized carbons (Fsp3) is 0.444. The molecule has 1 aromatic rings. The SMILES string of the molecule is Cc1nc(Cl)nc(NC(C)CC(N)=O)c1[N+](=O)[O-]. The van der Waals surface area contributed by atoms with E-state index in [0.29, 0.717) is 0 Å². The van der Waals surface area contributed by atoms with Crippen LogP contribution in [0.25, 0.3) is 0 Å². The van der Waals surface area contributed by atoms with Crippen molar-refractivity contribution in [1.82, 2.24) is 9.97 Å². The summed E-state index contributed by atoms with van der Waals surface area (Å²) in [4.78, 5) is 28.5. The molecule has 9 heteroatoms. The van der Waals surface area contributed by atoms with Crippen LogP contribution in [0.1, 0.15) is 19.0 Å². The molecule has 0 bridgehead atoms. The summed E-state index contributed by atoms with van der Waals surface area (Å²) in [5, 5.41) is 13.5. The quantitative estimate of drug-likeness (QED) is 0.469. The molecule has 1 unspecified atom stereocenters. The molecule has 0 aliphatic rings. The van der Waals surface area contributed by atoms with Gasteiger partial charge in [0.25, 0.3) is 0 Å². The minimum atomic E-state index is -0.606. The van der Waals surface area contributed by atoms with Gasteiger partial charge in [-0.25, -0.2) is 4.98 Å². The Morgan fingerprint density at radius 2 is 2.22 bits per heavy atom. The van der Waals surface area contributed by atoms with Crippen LogP contribution in [0.2, 0.25) is 5.28 Å². The predicted molar refractivity (Wildman–Crippen MR) is 65.3 cm³/mol. The molecule has 0 radical (unpaired) electrons. The number of hydrogen-bond donors (Lipinski definition) is 2. The second-order valence-corrected chi connectivity index (χ2v) is 4.09. The highest BCUT2D eigenvalue weighted by atomic mass is 35.5. The maximum Gasteiger partial charge on any atom is 0.332 e. The van der Waals surface area contributed by atoms with Gasteiger partial charge in [0, 0.05) is 12.5 Å². The first kappa shape index (κ1) is 14.1. The van der Waals surface area contributed by atoms with Crippen molar-refractivity contribution in [3.8, 4) is 0 Å². The lowest BCUT2D eigenvalue weighted by molar-refractivity contribution is -0.385. The molecule has 1 amide bonds. The van der Waals surface area contributed by atoms with Crippen LogP contribution in [0.15, 0.2) is 0 Å². The van der Waals surface area contributed by atoms with Crippen LogP contribution in [-0.4, -0.2) is 26.8 Å². The first-order chi connectivity index (χ1) is 8.31. The number of hydrogen-bond acceptors (Lipinski definition) is 6. The molecule has 0 fully saturated rings. The molecule has 0 aliphatic carbocycles. The molecule has 8 nitrogen and oxygen atoms in total. The number of nitrogens with zero attached hydrogens (tertiary/aromatic N) is 3. The summed E-state index contributed by atoms with van der Waals surface area (Å²) in [5.41, 5.74) is 4.91. The average molecular weight is 274 g/mol. The fourth-order valence-corrected chi connectivity index (χ4v) is 1.65. The highest BCUT2D eigenvalue weighted by Gasteiger charge is 2.23. The van der Waals surface area contributed by atoms with E-state index in [1.807, 2.05) is 0 Å². The fourth-order valence-electron chi connectivity index (χ4n) is 1.44. The van der Waals surface area contributed by atoms with Gasteiger partial charge >= 0.3 is 5.69 Å². The van der Waals surface area contributed by atoms with E-state index >= 15 is 0 Å². The third kappa shape index (κ3) is 3.52. The van der Waals surface area contributed by atoms with E-state index in [9.17, 15) is 14.9 Å². The molecule has 0 saturated carbocycles. The van der Waals surface area contributed by atoms with Gasteiger partial charge in [0.1, 0.15) is 5.69 Å². The van der Waals surface area contributed by atoms with Crippen LogP contribution in [0.3, 0.4) is 0 Å². The highest BCUT2D eigenvalue weighted by Crippen LogP contribution is 2.27. The Balaban J connectivity index is 3.07. The van der Waals surface area contributed by atoms with Crippen molar-refractivity contribution >= 4 is 29.0 Å². The van der Waals surface area contributed by atoms with Crippen LogP contribution >= 0.6 is 11.6 Å². The Labute approximate surface area is 108 Å². The monoisotopic (exact) mass is 273 g/mol. The molecule has 1 rings (SSSR count). The summed E-state index contributed by atoms with van der Waals surface area (Å²) >= 11 is 5.64. The number of amides is 1. The number of carbonyl (C=O) groups is 1. The van der Waals surface area contributed by atoms with Crippen LogP contribution < -0.4 is 11.1 Å². The van der Waals surface area contributed by atoms with Crippen molar-refractivity contribution in [3.63, 3.8) is 0 Å². The predicted octanol–water partition coefficient (Wildman–Crippen LogP) is 1.02. The van der Waals surface area contributed by atoms with Crippen LogP contribution in [0.4, 0.5) is 11.5 Å². The molecule has 1 heterocycles. The average Bonchev–Trinajstić information content (AvgIpc) is 2.12. The van der Waals surface area contributed by atoms with Gasteiger partial charge in [-0.05, 0) is 25.4 Å².